The fourth-order valence-corrected chi connectivity index (χ4v) is 4.45. The second-order valence-electron chi connectivity index (χ2n) is 7.81. The maximum absolute atomic E-state index is 13.8. The SMILES string of the molecule is NS(=O)(=O)c1cccc(NC(=O)c2c3c(C(F)(F)F)cccc3nn2CC2CCOCC2)c1. The Bertz CT molecular complexity index is 1300. The number of hydrogen-bond donors (Lipinski definition) is 2. The van der Waals surface area contributed by atoms with Crippen molar-refractivity contribution in [1.82, 2.24) is 9.78 Å². The average molecular weight is 482 g/mol. The van der Waals surface area contributed by atoms with Gasteiger partial charge in [-0.05, 0) is 49.1 Å². The summed E-state index contributed by atoms with van der Waals surface area (Å²) in [5.41, 5.74) is -1.10. The minimum absolute atomic E-state index is 0.0420. The number of hydrogen-bond acceptors (Lipinski definition) is 5. The summed E-state index contributed by atoms with van der Waals surface area (Å²) in [6.07, 6.45) is -3.31. The molecule has 3 aromatic rings. The van der Waals surface area contributed by atoms with Crippen LogP contribution < -0.4 is 10.5 Å². The summed E-state index contributed by atoms with van der Waals surface area (Å²) in [5.74, 6) is -0.757. The molecule has 1 aliphatic rings. The Balaban J connectivity index is 1.79. The Morgan fingerprint density at radius 2 is 1.88 bits per heavy atom. The van der Waals surface area contributed by atoms with E-state index in [-0.39, 0.29) is 39.6 Å². The molecule has 0 radical (unpaired) electrons. The second-order valence-corrected chi connectivity index (χ2v) is 9.37. The molecule has 1 fully saturated rings. The predicted octanol–water partition coefficient (Wildman–Crippen LogP) is 3.38. The highest BCUT2D eigenvalue weighted by Gasteiger charge is 2.36. The maximum Gasteiger partial charge on any atom is 0.417 e. The number of nitrogens with one attached hydrogen (secondary N) is 1. The van der Waals surface area contributed by atoms with Gasteiger partial charge in [0.05, 0.1) is 16.0 Å². The molecule has 0 atom stereocenters. The molecule has 12 heteroatoms. The zero-order valence-corrected chi connectivity index (χ0v) is 18.1. The van der Waals surface area contributed by atoms with Crippen LogP contribution in [0.1, 0.15) is 28.9 Å². The van der Waals surface area contributed by atoms with E-state index in [2.05, 4.69) is 10.4 Å². The largest absolute Gasteiger partial charge is 0.417 e. The number of nitrogens with zero attached hydrogens (tertiary/aromatic N) is 2. The first-order chi connectivity index (χ1) is 15.5. The smallest absolute Gasteiger partial charge is 0.381 e. The van der Waals surface area contributed by atoms with Crippen LogP contribution in [0.5, 0.6) is 0 Å². The van der Waals surface area contributed by atoms with Gasteiger partial charge in [-0.2, -0.15) is 18.3 Å². The molecular formula is C21H21F3N4O4S. The van der Waals surface area contributed by atoms with Gasteiger partial charge < -0.3 is 10.1 Å². The molecule has 0 unspecified atom stereocenters. The van der Waals surface area contributed by atoms with E-state index in [9.17, 15) is 26.4 Å². The lowest BCUT2D eigenvalue weighted by Gasteiger charge is -2.22. The van der Waals surface area contributed by atoms with Crippen LogP contribution in [-0.2, 0) is 27.5 Å². The number of primary sulfonamides is 1. The van der Waals surface area contributed by atoms with Crippen molar-refractivity contribution in [3.05, 3.63) is 53.7 Å². The van der Waals surface area contributed by atoms with E-state index in [0.717, 1.165) is 12.1 Å². The van der Waals surface area contributed by atoms with Crippen molar-refractivity contribution in [3.8, 4) is 0 Å². The molecule has 3 N–H and O–H groups in total. The number of benzene rings is 2. The number of amides is 1. The van der Waals surface area contributed by atoms with Crippen molar-refractivity contribution >= 4 is 32.5 Å². The number of ether oxygens (including phenoxy) is 1. The van der Waals surface area contributed by atoms with Gasteiger partial charge in [-0.15, -0.1) is 0 Å². The molecule has 0 bridgehead atoms. The highest BCUT2D eigenvalue weighted by Crippen LogP contribution is 2.37. The van der Waals surface area contributed by atoms with Gasteiger partial charge in [0.15, 0.2) is 0 Å². The fraction of sp³-hybridized carbons (Fsp3) is 0.333. The van der Waals surface area contributed by atoms with Crippen molar-refractivity contribution in [1.29, 1.82) is 0 Å². The minimum atomic E-state index is -4.70. The lowest BCUT2D eigenvalue weighted by Crippen LogP contribution is -2.25. The average Bonchev–Trinajstić information content (AvgIpc) is 3.11. The summed E-state index contributed by atoms with van der Waals surface area (Å²) in [6, 6.07) is 8.74. The van der Waals surface area contributed by atoms with E-state index in [4.69, 9.17) is 9.88 Å². The Labute approximate surface area is 187 Å². The van der Waals surface area contributed by atoms with Crippen LogP contribution in [0.25, 0.3) is 10.9 Å². The highest BCUT2D eigenvalue weighted by atomic mass is 32.2. The summed E-state index contributed by atoms with van der Waals surface area (Å²) in [5, 5.41) is 11.6. The molecule has 1 amide bonds. The maximum atomic E-state index is 13.8. The van der Waals surface area contributed by atoms with Crippen LogP contribution in [0, 0.1) is 5.92 Å². The first-order valence-electron chi connectivity index (χ1n) is 10.1. The summed E-state index contributed by atoms with van der Waals surface area (Å²) in [6.45, 7) is 1.30. The predicted molar refractivity (Wildman–Crippen MR) is 114 cm³/mol. The first kappa shape index (κ1) is 23.2. The molecular weight excluding hydrogens is 461 g/mol. The van der Waals surface area contributed by atoms with E-state index < -0.39 is 27.7 Å². The van der Waals surface area contributed by atoms with Crippen LogP contribution in [0.4, 0.5) is 18.9 Å². The van der Waals surface area contributed by atoms with E-state index in [1.807, 2.05) is 0 Å². The molecule has 8 nitrogen and oxygen atoms in total. The lowest BCUT2D eigenvalue weighted by molar-refractivity contribution is -0.136. The van der Waals surface area contributed by atoms with E-state index >= 15 is 0 Å². The van der Waals surface area contributed by atoms with Crippen LogP contribution in [0.15, 0.2) is 47.4 Å². The van der Waals surface area contributed by atoms with Gasteiger partial charge >= 0.3 is 6.18 Å². The van der Waals surface area contributed by atoms with E-state index in [0.29, 0.717) is 26.1 Å². The Kier molecular flexibility index (Phi) is 6.16. The van der Waals surface area contributed by atoms with Gasteiger partial charge in [-0.3, -0.25) is 9.48 Å². The molecule has 1 aliphatic heterocycles. The van der Waals surface area contributed by atoms with Gasteiger partial charge in [0, 0.05) is 30.8 Å². The standard InChI is InChI=1S/C21H21F3N4O4S/c22-21(23,24)16-5-2-6-17-18(16)19(28(27-17)12-13-7-9-32-10-8-13)20(29)26-14-3-1-4-15(11-14)33(25,30)31/h1-6,11,13H,7-10,12H2,(H,26,29)(H2,25,30,31). The van der Waals surface area contributed by atoms with Gasteiger partial charge in [-0.25, -0.2) is 13.6 Å². The summed E-state index contributed by atoms with van der Waals surface area (Å²) in [4.78, 5) is 13.0. The summed E-state index contributed by atoms with van der Waals surface area (Å²) >= 11 is 0. The number of fused-ring (bicyclic) bond motifs is 1. The number of halogens is 3. The van der Waals surface area contributed by atoms with E-state index in [1.54, 1.807) is 0 Å². The third kappa shape index (κ3) is 5.02. The van der Waals surface area contributed by atoms with Crippen LogP contribution >= 0.6 is 0 Å². The molecule has 2 heterocycles. The van der Waals surface area contributed by atoms with Gasteiger partial charge in [0.2, 0.25) is 10.0 Å². The van der Waals surface area contributed by atoms with E-state index in [1.165, 1.54) is 35.0 Å². The summed E-state index contributed by atoms with van der Waals surface area (Å²) in [7, 11) is -4.03. The molecule has 0 spiro atoms. The van der Waals surface area contributed by atoms with Crippen LogP contribution in [0.3, 0.4) is 0 Å². The fourth-order valence-electron chi connectivity index (χ4n) is 3.90. The minimum Gasteiger partial charge on any atom is -0.381 e. The molecule has 1 aromatic heterocycles. The normalized spacial score (nSPS) is 15.6. The zero-order chi connectivity index (χ0) is 23.8. The van der Waals surface area contributed by atoms with Gasteiger partial charge in [0.25, 0.3) is 5.91 Å². The second kappa shape index (κ2) is 8.76. The number of anilines is 1. The Hall–Kier alpha value is -2.96. The molecule has 0 aliphatic carbocycles. The lowest BCUT2D eigenvalue weighted by atomic mass is 10.0. The number of alkyl halides is 3. The Morgan fingerprint density at radius 3 is 2.55 bits per heavy atom. The van der Waals surface area contributed by atoms with Gasteiger partial charge in [-0.1, -0.05) is 12.1 Å². The molecule has 0 saturated carbocycles. The summed E-state index contributed by atoms with van der Waals surface area (Å²) < 4.78 is 71.2. The van der Waals surface area contributed by atoms with Crippen molar-refractivity contribution in [3.63, 3.8) is 0 Å². The van der Waals surface area contributed by atoms with Crippen LogP contribution in [-0.4, -0.2) is 37.3 Å². The quantitative estimate of drug-likeness (QED) is 0.578. The number of rotatable bonds is 5. The number of nitrogens with two attached hydrogens (primary N) is 1. The van der Waals surface area contributed by atoms with Crippen molar-refractivity contribution in [2.75, 3.05) is 18.5 Å². The molecule has 4 rings (SSSR count). The first-order valence-corrected chi connectivity index (χ1v) is 11.7. The van der Waals surface area contributed by atoms with Crippen molar-refractivity contribution < 1.29 is 31.1 Å². The number of aromatic nitrogens is 2. The topological polar surface area (TPSA) is 116 Å². The third-order valence-electron chi connectivity index (χ3n) is 5.48. The van der Waals surface area contributed by atoms with Crippen LogP contribution in [0.2, 0.25) is 0 Å². The third-order valence-corrected chi connectivity index (χ3v) is 6.39. The molecule has 33 heavy (non-hydrogen) atoms. The molecule has 176 valence electrons. The highest BCUT2D eigenvalue weighted by molar-refractivity contribution is 7.89. The van der Waals surface area contributed by atoms with Gasteiger partial charge in [0.1, 0.15) is 5.69 Å². The zero-order valence-electron chi connectivity index (χ0n) is 17.3. The van der Waals surface area contributed by atoms with Crippen molar-refractivity contribution in [2.45, 2.75) is 30.5 Å². The number of carbonyl (C=O) groups is 1. The van der Waals surface area contributed by atoms with Crippen molar-refractivity contribution in [2.24, 2.45) is 11.1 Å². The molecule has 2 aromatic carbocycles. The Morgan fingerprint density at radius 1 is 1.18 bits per heavy atom. The molecule has 1 saturated heterocycles. The number of carbonyl (C=O) groups excluding carboxylic acids is 1. The monoisotopic (exact) mass is 482 g/mol. The number of sulfonamides is 1.